The average molecular weight is 387 g/mol. The number of hydrogen-bond donors (Lipinski definition) is 0. The van der Waals surface area contributed by atoms with E-state index in [2.05, 4.69) is 72.8 Å². The smallest absolute Gasteiger partial charge is 0.194 e. The summed E-state index contributed by atoms with van der Waals surface area (Å²) in [6.07, 6.45) is 0. The average Bonchev–Trinajstić information content (AvgIpc) is 2.99. The summed E-state index contributed by atoms with van der Waals surface area (Å²) in [5.41, 5.74) is 3.57. The number of aryl methyl sites for hydroxylation is 1. The number of aromatic nitrogens is 3. The Kier molecular flexibility index (Phi) is 3.87. The van der Waals surface area contributed by atoms with Gasteiger partial charge in [-0.15, -0.1) is 10.2 Å². The van der Waals surface area contributed by atoms with Crippen LogP contribution < -0.4 is 4.90 Å². The Bertz CT molecular complexity index is 844. The van der Waals surface area contributed by atoms with E-state index in [9.17, 15) is 0 Å². The van der Waals surface area contributed by atoms with Gasteiger partial charge in [0.05, 0.1) is 12.5 Å². The van der Waals surface area contributed by atoms with Gasteiger partial charge in [-0.25, -0.2) is 0 Å². The highest BCUT2D eigenvalue weighted by molar-refractivity contribution is 9.10. The van der Waals surface area contributed by atoms with Gasteiger partial charge < -0.3 is 4.90 Å². The minimum atomic E-state index is 0.759. The zero-order valence-corrected chi connectivity index (χ0v) is 15.0. The number of hydrogen-bond acceptors (Lipinski definition) is 4. The zero-order chi connectivity index (χ0) is 15.8. The Balaban J connectivity index is 1.70. The van der Waals surface area contributed by atoms with Crippen molar-refractivity contribution in [1.82, 2.24) is 14.8 Å². The molecule has 4 nitrogen and oxygen atoms in total. The van der Waals surface area contributed by atoms with Crippen LogP contribution in [0.4, 0.5) is 5.69 Å². The summed E-state index contributed by atoms with van der Waals surface area (Å²) < 4.78 is 3.21. The molecule has 23 heavy (non-hydrogen) atoms. The van der Waals surface area contributed by atoms with Crippen molar-refractivity contribution in [3.63, 3.8) is 0 Å². The lowest BCUT2D eigenvalue weighted by molar-refractivity contribution is 0.608. The molecule has 2 heterocycles. The van der Waals surface area contributed by atoms with Crippen LogP contribution in [0.2, 0.25) is 0 Å². The Hall–Kier alpha value is -1.79. The van der Waals surface area contributed by atoms with Gasteiger partial charge in [0.25, 0.3) is 0 Å². The second-order valence-corrected chi connectivity index (χ2v) is 7.27. The van der Waals surface area contributed by atoms with E-state index in [4.69, 9.17) is 0 Å². The van der Waals surface area contributed by atoms with Crippen LogP contribution in [0.25, 0.3) is 11.4 Å². The zero-order valence-electron chi connectivity index (χ0n) is 12.6. The van der Waals surface area contributed by atoms with Crippen molar-refractivity contribution in [2.75, 3.05) is 10.8 Å². The first-order chi connectivity index (χ1) is 11.2. The molecule has 4 rings (SSSR count). The fourth-order valence-corrected chi connectivity index (χ4v) is 3.99. The topological polar surface area (TPSA) is 34.0 Å². The van der Waals surface area contributed by atoms with Gasteiger partial charge in [-0.2, -0.15) is 0 Å². The van der Waals surface area contributed by atoms with Crippen molar-refractivity contribution in [2.45, 2.75) is 18.7 Å². The van der Waals surface area contributed by atoms with Gasteiger partial charge in [-0.05, 0) is 25.1 Å². The molecule has 2 aromatic carbocycles. The SMILES string of the molecule is Cc1ccc(N2CSc3nnc(-c4ccccc4Br)n3C2)cc1. The minimum absolute atomic E-state index is 0.759. The summed E-state index contributed by atoms with van der Waals surface area (Å²) in [4.78, 5) is 2.33. The first-order valence-electron chi connectivity index (χ1n) is 7.35. The molecular formula is C17H15BrN4S. The molecule has 116 valence electrons. The molecule has 3 aromatic rings. The molecule has 1 aliphatic rings. The van der Waals surface area contributed by atoms with Crippen molar-refractivity contribution < 1.29 is 0 Å². The predicted molar refractivity (Wildman–Crippen MR) is 97.5 cm³/mol. The molecule has 0 N–H and O–H groups in total. The molecule has 0 radical (unpaired) electrons. The third-order valence-corrected chi connectivity index (χ3v) is 5.58. The quantitative estimate of drug-likeness (QED) is 0.647. The van der Waals surface area contributed by atoms with E-state index in [0.29, 0.717) is 0 Å². The molecule has 0 atom stereocenters. The maximum atomic E-state index is 4.41. The van der Waals surface area contributed by atoms with Crippen LogP contribution in [0.5, 0.6) is 0 Å². The van der Waals surface area contributed by atoms with Crippen molar-refractivity contribution in [1.29, 1.82) is 0 Å². The van der Waals surface area contributed by atoms with Crippen LogP contribution in [0.1, 0.15) is 5.56 Å². The lowest BCUT2D eigenvalue weighted by atomic mass is 10.2. The standard InChI is InChI=1S/C17H15BrN4S/c1-12-6-8-13(9-7-12)21-10-22-16(19-20-17(22)23-11-21)14-4-2-3-5-15(14)18/h2-9H,10-11H2,1H3. The molecule has 0 aliphatic carbocycles. The van der Waals surface area contributed by atoms with E-state index in [1.807, 2.05) is 18.2 Å². The number of halogens is 1. The molecule has 0 fully saturated rings. The molecule has 0 amide bonds. The number of nitrogens with zero attached hydrogens (tertiary/aromatic N) is 4. The third-order valence-electron chi connectivity index (χ3n) is 3.89. The number of fused-ring (bicyclic) bond motifs is 1. The van der Waals surface area contributed by atoms with Gasteiger partial charge in [0.15, 0.2) is 11.0 Å². The van der Waals surface area contributed by atoms with E-state index in [-0.39, 0.29) is 0 Å². The normalized spacial score (nSPS) is 13.9. The van der Waals surface area contributed by atoms with Crippen LogP contribution in [0.3, 0.4) is 0 Å². The fourth-order valence-electron chi connectivity index (χ4n) is 2.62. The van der Waals surface area contributed by atoms with Gasteiger partial charge in [0.1, 0.15) is 0 Å². The highest BCUT2D eigenvalue weighted by atomic mass is 79.9. The highest BCUT2D eigenvalue weighted by Gasteiger charge is 2.23. The minimum Gasteiger partial charge on any atom is -0.344 e. The first-order valence-corrected chi connectivity index (χ1v) is 9.13. The Morgan fingerprint density at radius 3 is 2.61 bits per heavy atom. The number of thioether (sulfide) groups is 1. The van der Waals surface area contributed by atoms with Gasteiger partial charge in [-0.3, -0.25) is 4.57 Å². The predicted octanol–water partition coefficient (Wildman–Crippen LogP) is 4.54. The van der Waals surface area contributed by atoms with Crippen LogP contribution in [-0.2, 0) is 6.67 Å². The number of anilines is 1. The van der Waals surface area contributed by atoms with Gasteiger partial charge in [0.2, 0.25) is 0 Å². The van der Waals surface area contributed by atoms with Gasteiger partial charge >= 0.3 is 0 Å². The van der Waals surface area contributed by atoms with E-state index < -0.39 is 0 Å². The Morgan fingerprint density at radius 2 is 1.83 bits per heavy atom. The van der Waals surface area contributed by atoms with E-state index in [0.717, 1.165) is 33.6 Å². The summed E-state index contributed by atoms with van der Waals surface area (Å²) in [5.74, 6) is 1.79. The molecular weight excluding hydrogens is 372 g/mol. The third kappa shape index (κ3) is 2.77. The van der Waals surface area contributed by atoms with Crippen molar-refractivity contribution >= 4 is 33.4 Å². The maximum Gasteiger partial charge on any atom is 0.194 e. The number of benzene rings is 2. The monoisotopic (exact) mass is 386 g/mol. The van der Waals surface area contributed by atoms with Crippen molar-refractivity contribution in [2.24, 2.45) is 0 Å². The second kappa shape index (κ2) is 6.02. The molecule has 0 unspecified atom stereocenters. The van der Waals surface area contributed by atoms with Crippen LogP contribution >= 0.6 is 27.7 Å². The van der Waals surface area contributed by atoms with Crippen molar-refractivity contribution in [3.05, 3.63) is 58.6 Å². The maximum absolute atomic E-state index is 4.41. The molecule has 0 saturated carbocycles. The Labute approximate surface area is 147 Å². The van der Waals surface area contributed by atoms with Gasteiger partial charge in [0, 0.05) is 15.7 Å². The first kappa shape index (κ1) is 14.8. The summed E-state index contributed by atoms with van der Waals surface area (Å²) in [6.45, 7) is 2.87. The number of rotatable bonds is 2. The van der Waals surface area contributed by atoms with E-state index in [1.165, 1.54) is 11.3 Å². The second-order valence-electron chi connectivity index (χ2n) is 5.50. The summed E-state index contributed by atoms with van der Waals surface area (Å²) in [5, 5.41) is 9.72. The van der Waals surface area contributed by atoms with Gasteiger partial charge in [-0.1, -0.05) is 63.6 Å². The summed E-state index contributed by atoms with van der Waals surface area (Å²) in [6, 6.07) is 16.8. The molecule has 0 bridgehead atoms. The summed E-state index contributed by atoms with van der Waals surface area (Å²) >= 11 is 5.33. The van der Waals surface area contributed by atoms with E-state index >= 15 is 0 Å². The van der Waals surface area contributed by atoms with Crippen LogP contribution in [0.15, 0.2) is 58.2 Å². The molecule has 6 heteroatoms. The van der Waals surface area contributed by atoms with E-state index in [1.54, 1.807) is 11.8 Å². The lowest BCUT2D eigenvalue weighted by Gasteiger charge is -2.29. The van der Waals surface area contributed by atoms with Crippen LogP contribution in [0, 0.1) is 6.92 Å². The molecule has 1 aliphatic heterocycles. The summed E-state index contributed by atoms with van der Waals surface area (Å²) in [7, 11) is 0. The fraction of sp³-hybridized carbons (Fsp3) is 0.176. The molecule has 0 saturated heterocycles. The van der Waals surface area contributed by atoms with Crippen molar-refractivity contribution in [3.8, 4) is 11.4 Å². The Morgan fingerprint density at radius 1 is 1.04 bits per heavy atom. The largest absolute Gasteiger partial charge is 0.344 e. The molecule has 0 spiro atoms. The molecule has 1 aromatic heterocycles. The van der Waals surface area contributed by atoms with Crippen LogP contribution in [-0.4, -0.2) is 20.6 Å². The lowest BCUT2D eigenvalue weighted by Crippen LogP contribution is -2.30. The highest BCUT2D eigenvalue weighted by Crippen LogP contribution is 2.33.